The standard InChI is InChI=1S/C21H24O4/c1-15-5-6-17(16(2)13-15)7-9-19(22)18-8-10-20(21(14-18)24-4)25-12-11-23-3/h5-10,13-14H,11-12H2,1-4H3/b9-7+. The van der Waals surface area contributed by atoms with Gasteiger partial charge in [-0.2, -0.15) is 0 Å². The van der Waals surface area contributed by atoms with Gasteiger partial charge in [-0.3, -0.25) is 4.79 Å². The summed E-state index contributed by atoms with van der Waals surface area (Å²) in [6.45, 7) is 5.00. The fraction of sp³-hybridized carbons (Fsp3) is 0.286. The van der Waals surface area contributed by atoms with E-state index >= 15 is 0 Å². The first kappa shape index (κ1) is 18.7. The van der Waals surface area contributed by atoms with Gasteiger partial charge in [0.05, 0.1) is 13.7 Å². The molecule has 0 aliphatic heterocycles. The Labute approximate surface area is 149 Å². The molecule has 0 aromatic heterocycles. The molecule has 4 nitrogen and oxygen atoms in total. The van der Waals surface area contributed by atoms with Crippen molar-refractivity contribution in [3.63, 3.8) is 0 Å². The maximum atomic E-state index is 12.4. The zero-order chi connectivity index (χ0) is 18.2. The van der Waals surface area contributed by atoms with Gasteiger partial charge in [-0.25, -0.2) is 0 Å². The van der Waals surface area contributed by atoms with Crippen LogP contribution in [0.2, 0.25) is 0 Å². The highest BCUT2D eigenvalue weighted by Gasteiger charge is 2.09. The highest BCUT2D eigenvalue weighted by molar-refractivity contribution is 6.07. The molecule has 0 saturated heterocycles. The van der Waals surface area contributed by atoms with Crippen molar-refractivity contribution in [1.82, 2.24) is 0 Å². The number of allylic oxidation sites excluding steroid dienone is 1. The predicted octanol–water partition coefficient (Wildman–Crippen LogP) is 4.23. The minimum atomic E-state index is -0.0817. The van der Waals surface area contributed by atoms with E-state index < -0.39 is 0 Å². The molecule has 2 rings (SSSR count). The lowest BCUT2D eigenvalue weighted by atomic mass is 10.0. The zero-order valence-electron chi connectivity index (χ0n) is 15.2. The normalized spacial score (nSPS) is 10.9. The first-order chi connectivity index (χ1) is 12.0. The lowest BCUT2D eigenvalue weighted by Crippen LogP contribution is -2.06. The maximum Gasteiger partial charge on any atom is 0.185 e. The molecule has 132 valence electrons. The number of methoxy groups -OCH3 is 2. The van der Waals surface area contributed by atoms with Gasteiger partial charge in [-0.05, 0) is 49.2 Å². The fourth-order valence-electron chi connectivity index (χ4n) is 2.45. The van der Waals surface area contributed by atoms with Gasteiger partial charge < -0.3 is 14.2 Å². The summed E-state index contributed by atoms with van der Waals surface area (Å²) in [7, 11) is 3.17. The van der Waals surface area contributed by atoms with E-state index in [0.717, 1.165) is 11.1 Å². The molecule has 0 amide bonds. The van der Waals surface area contributed by atoms with E-state index in [2.05, 4.69) is 6.07 Å². The van der Waals surface area contributed by atoms with E-state index in [1.165, 1.54) is 5.56 Å². The van der Waals surface area contributed by atoms with Crippen LogP contribution in [0.15, 0.2) is 42.5 Å². The lowest BCUT2D eigenvalue weighted by molar-refractivity contribution is 0.104. The molecule has 0 atom stereocenters. The van der Waals surface area contributed by atoms with Crippen molar-refractivity contribution in [2.24, 2.45) is 0 Å². The highest BCUT2D eigenvalue weighted by Crippen LogP contribution is 2.28. The third-order valence-electron chi connectivity index (χ3n) is 3.83. The molecule has 0 heterocycles. The summed E-state index contributed by atoms with van der Waals surface area (Å²) < 4.78 is 15.9. The summed E-state index contributed by atoms with van der Waals surface area (Å²) in [5, 5.41) is 0. The first-order valence-corrected chi connectivity index (χ1v) is 8.14. The van der Waals surface area contributed by atoms with Crippen LogP contribution in [0.3, 0.4) is 0 Å². The highest BCUT2D eigenvalue weighted by atomic mass is 16.5. The third-order valence-corrected chi connectivity index (χ3v) is 3.83. The molecular formula is C21H24O4. The second kappa shape index (κ2) is 9.04. The molecule has 0 fully saturated rings. The van der Waals surface area contributed by atoms with E-state index in [9.17, 15) is 4.79 Å². The van der Waals surface area contributed by atoms with Crippen LogP contribution in [0.5, 0.6) is 11.5 Å². The van der Waals surface area contributed by atoms with Crippen LogP contribution >= 0.6 is 0 Å². The van der Waals surface area contributed by atoms with Gasteiger partial charge in [0.2, 0.25) is 0 Å². The van der Waals surface area contributed by atoms with Gasteiger partial charge in [0.1, 0.15) is 6.61 Å². The zero-order valence-corrected chi connectivity index (χ0v) is 15.2. The number of ether oxygens (including phenoxy) is 3. The van der Waals surface area contributed by atoms with Crippen molar-refractivity contribution < 1.29 is 19.0 Å². The van der Waals surface area contributed by atoms with Gasteiger partial charge in [-0.15, -0.1) is 0 Å². The topological polar surface area (TPSA) is 44.8 Å². The molecule has 0 bridgehead atoms. The summed E-state index contributed by atoms with van der Waals surface area (Å²) in [6.07, 6.45) is 3.42. The van der Waals surface area contributed by atoms with E-state index in [1.807, 2.05) is 32.1 Å². The predicted molar refractivity (Wildman–Crippen MR) is 99.6 cm³/mol. The fourth-order valence-corrected chi connectivity index (χ4v) is 2.45. The average Bonchev–Trinajstić information content (AvgIpc) is 2.61. The van der Waals surface area contributed by atoms with E-state index in [-0.39, 0.29) is 5.78 Å². The largest absolute Gasteiger partial charge is 0.493 e. The van der Waals surface area contributed by atoms with Gasteiger partial charge >= 0.3 is 0 Å². The van der Waals surface area contributed by atoms with Gasteiger partial charge in [0.25, 0.3) is 0 Å². The number of ketones is 1. The molecule has 0 spiro atoms. The minimum Gasteiger partial charge on any atom is -0.493 e. The monoisotopic (exact) mass is 340 g/mol. The molecule has 25 heavy (non-hydrogen) atoms. The number of hydrogen-bond donors (Lipinski definition) is 0. The van der Waals surface area contributed by atoms with Crippen molar-refractivity contribution in [3.05, 3.63) is 64.7 Å². The summed E-state index contributed by atoms with van der Waals surface area (Å²) in [4.78, 5) is 12.4. The van der Waals surface area contributed by atoms with E-state index in [1.54, 1.807) is 38.5 Å². The number of hydrogen-bond acceptors (Lipinski definition) is 4. The maximum absolute atomic E-state index is 12.4. The van der Waals surface area contributed by atoms with Crippen molar-refractivity contribution in [2.75, 3.05) is 27.4 Å². The number of carbonyl (C=O) groups is 1. The van der Waals surface area contributed by atoms with Gasteiger partial charge in [-0.1, -0.05) is 29.8 Å². The molecule has 2 aromatic carbocycles. The van der Waals surface area contributed by atoms with Crippen molar-refractivity contribution >= 4 is 11.9 Å². The molecule has 0 N–H and O–H groups in total. The van der Waals surface area contributed by atoms with Crippen LogP contribution in [-0.4, -0.2) is 33.2 Å². The summed E-state index contributed by atoms with van der Waals surface area (Å²) in [5.41, 5.74) is 3.93. The molecule has 2 aromatic rings. The van der Waals surface area contributed by atoms with Crippen molar-refractivity contribution in [3.8, 4) is 11.5 Å². The Morgan fingerprint density at radius 3 is 2.48 bits per heavy atom. The van der Waals surface area contributed by atoms with Crippen LogP contribution < -0.4 is 9.47 Å². The second-order valence-electron chi connectivity index (χ2n) is 5.76. The van der Waals surface area contributed by atoms with Crippen molar-refractivity contribution in [1.29, 1.82) is 0 Å². The third kappa shape index (κ3) is 5.19. The van der Waals surface area contributed by atoms with Crippen LogP contribution in [0.25, 0.3) is 6.08 Å². The molecule has 0 saturated carbocycles. The van der Waals surface area contributed by atoms with E-state index in [0.29, 0.717) is 30.3 Å². The SMILES string of the molecule is COCCOc1ccc(C(=O)/C=C/c2ccc(C)cc2C)cc1OC. The van der Waals surface area contributed by atoms with Crippen LogP contribution in [0, 0.1) is 13.8 Å². The van der Waals surface area contributed by atoms with Gasteiger partial charge in [0, 0.05) is 12.7 Å². The van der Waals surface area contributed by atoms with Crippen LogP contribution in [-0.2, 0) is 4.74 Å². The minimum absolute atomic E-state index is 0.0817. The molecule has 0 radical (unpaired) electrons. The van der Waals surface area contributed by atoms with Crippen molar-refractivity contribution in [2.45, 2.75) is 13.8 Å². The Morgan fingerprint density at radius 1 is 1.00 bits per heavy atom. The van der Waals surface area contributed by atoms with Gasteiger partial charge in [0.15, 0.2) is 17.3 Å². The first-order valence-electron chi connectivity index (χ1n) is 8.14. The Morgan fingerprint density at radius 2 is 1.80 bits per heavy atom. The van der Waals surface area contributed by atoms with E-state index in [4.69, 9.17) is 14.2 Å². The Bertz CT molecular complexity index is 762. The number of aryl methyl sites for hydroxylation is 2. The Balaban J connectivity index is 2.14. The quantitative estimate of drug-likeness (QED) is 0.410. The molecule has 0 aliphatic carbocycles. The number of carbonyl (C=O) groups excluding carboxylic acids is 1. The Kier molecular flexibility index (Phi) is 6.78. The molecule has 0 aliphatic rings. The number of rotatable bonds is 8. The molecular weight excluding hydrogens is 316 g/mol. The van der Waals surface area contributed by atoms with Crippen LogP contribution in [0.1, 0.15) is 27.0 Å². The Hall–Kier alpha value is -2.59. The molecule has 4 heteroatoms. The smallest absolute Gasteiger partial charge is 0.185 e. The summed E-state index contributed by atoms with van der Waals surface area (Å²) >= 11 is 0. The summed E-state index contributed by atoms with van der Waals surface area (Å²) in [6, 6.07) is 11.3. The second-order valence-corrected chi connectivity index (χ2v) is 5.76. The van der Waals surface area contributed by atoms with Crippen LogP contribution in [0.4, 0.5) is 0 Å². The average molecular weight is 340 g/mol. The lowest BCUT2D eigenvalue weighted by Gasteiger charge is -2.11. The summed E-state index contributed by atoms with van der Waals surface area (Å²) in [5.74, 6) is 1.04. The molecule has 0 unspecified atom stereocenters. The number of benzene rings is 2.